The highest BCUT2D eigenvalue weighted by Crippen LogP contribution is 2.19. The zero-order valence-corrected chi connectivity index (χ0v) is 9.76. The number of halogens is 1. The first kappa shape index (κ1) is 11.7. The summed E-state index contributed by atoms with van der Waals surface area (Å²) >= 11 is 0. The summed E-state index contributed by atoms with van der Waals surface area (Å²) < 4.78 is 14.4. The van der Waals surface area contributed by atoms with Gasteiger partial charge in [-0.1, -0.05) is 0 Å². The Labute approximate surface area is 98.5 Å². The van der Waals surface area contributed by atoms with Crippen LogP contribution in [0.4, 0.5) is 4.39 Å². The second-order valence-electron chi connectivity index (χ2n) is 4.26. The highest BCUT2D eigenvalue weighted by atomic mass is 19.1. The summed E-state index contributed by atoms with van der Waals surface area (Å²) in [7, 11) is 1.80. The van der Waals surface area contributed by atoms with E-state index in [0.29, 0.717) is 12.1 Å². The fourth-order valence-corrected chi connectivity index (χ4v) is 1.61. The van der Waals surface area contributed by atoms with Crippen LogP contribution in [0.3, 0.4) is 0 Å². The van der Waals surface area contributed by atoms with Gasteiger partial charge in [0.2, 0.25) is 0 Å². The minimum atomic E-state index is -0.700. The van der Waals surface area contributed by atoms with E-state index in [4.69, 9.17) is 5.73 Å². The second-order valence-corrected chi connectivity index (χ2v) is 4.26. The van der Waals surface area contributed by atoms with Crippen molar-refractivity contribution < 1.29 is 4.39 Å². The number of aromatic nitrogens is 4. The molecule has 0 amide bonds. The number of nitrogens with two attached hydrogens (primary N) is 1. The third-order valence-electron chi connectivity index (χ3n) is 2.64. The van der Waals surface area contributed by atoms with Gasteiger partial charge in [-0.3, -0.25) is 9.67 Å². The van der Waals surface area contributed by atoms with E-state index in [-0.39, 0.29) is 5.82 Å². The molecule has 0 aliphatic rings. The second kappa shape index (κ2) is 4.21. The van der Waals surface area contributed by atoms with Gasteiger partial charge in [-0.05, 0) is 19.1 Å². The molecule has 0 saturated heterocycles. The van der Waals surface area contributed by atoms with Crippen molar-refractivity contribution in [2.45, 2.75) is 18.9 Å². The Hall–Kier alpha value is -1.82. The number of hydrogen-bond acceptors (Lipinski definition) is 4. The highest BCUT2D eigenvalue weighted by molar-refractivity contribution is 5.16. The molecule has 5 nitrogen and oxygen atoms in total. The molecular formula is C11H14FN5. The van der Waals surface area contributed by atoms with Crippen molar-refractivity contribution in [2.75, 3.05) is 0 Å². The fourth-order valence-electron chi connectivity index (χ4n) is 1.61. The summed E-state index contributed by atoms with van der Waals surface area (Å²) in [5.74, 6) is 0.393. The van der Waals surface area contributed by atoms with E-state index in [0.717, 1.165) is 12.0 Å². The Bertz CT molecular complexity index is 503. The largest absolute Gasteiger partial charge is 0.320 e. The van der Waals surface area contributed by atoms with Crippen molar-refractivity contribution in [3.8, 4) is 0 Å². The lowest BCUT2D eigenvalue weighted by molar-refractivity contribution is 0.450. The van der Waals surface area contributed by atoms with Gasteiger partial charge in [-0.25, -0.2) is 9.37 Å². The topological polar surface area (TPSA) is 69.6 Å². The molecule has 0 saturated carbocycles. The summed E-state index contributed by atoms with van der Waals surface area (Å²) in [5.41, 5.74) is 6.11. The standard InChI is InChI=1S/C11H14FN5/c1-11(13,5-10-15-7-16-17(10)2)9-4-3-8(12)6-14-9/h3-4,6-7H,5,13H2,1-2H3. The lowest BCUT2D eigenvalue weighted by Gasteiger charge is -2.23. The Balaban J connectivity index is 2.24. The quantitative estimate of drug-likeness (QED) is 0.853. The normalized spacial score (nSPS) is 14.6. The van der Waals surface area contributed by atoms with Gasteiger partial charge < -0.3 is 5.73 Å². The van der Waals surface area contributed by atoms with E-state index in [9.17, 15) is 4.39 Å². The number of aryl methyl sites for hydroxylation is 1. The molecule has 2 N–H and O–H groups in total. The third kappa shape index (κ3) is 2.47. The van der Waals surface area contributed by atoms with Crippen molar-refractivity contribution >= 4 is 0 Å². The molecule has 0 bridgehead atoms. The van der Waals surface area contributed by atoms with Gasteiger partial charge in [-0.15, -0.1) is 0 Å². The smallest absolute Gasteiger partial charge is 0.141 e. The monoisotopic (exact) mass is 235 g/mol. The van der Waals surface area contributed by atoms with Gasteiger partial charge in [-0.2, -0.15) is 5.10 Å². The molecule has 2 aromatic heterocycles. The third-order valence-corrected chi connectivity index (χ3v) is 2.64. The minimum absolute atomic E-state index is 0.372. The zero-order chi connectivity index (χ0) is 12.5. The van der Waals surface area contributed by atoms with Gasteiger partial charge in [0.25, 0.3) is 0 Å². The Kier molecular flexibility index (Phi) is 2.89. The highest BCUT2D eigenvalue weighted by Gasteiger charge is 2.25. The summed E-state index contributed by atoms with van der Waals surface area (Å²) in [6.45, 7) is 1.84. The molecule has 1 atom stereocenters. The molecule has 6 heteroatoms. The molecule has 2 rings (SSSR count). The van der Waals surface area contributed by atoms with Gasteiger partial charge in [0.05, 0.1) is 17.4 Å². The Morgan fingerprint density at radius 3 is 2.71 bits per heavy atom. The minimum Gasteiger partial charge on any atom is -0.320 e. The molecule has 0 aliphatic carbocycles. The number of rotatable bonds is 3. The molecule has 2 aromatic rings. The molecule has 90 valence electrons. The van der Waals surface area contributed by atoms with Crippen LogP contribution < -0.4 is 5.73 Å². The van der Waals surface area contributed by atoms with Crippen molar-refractivity contribution in [3.05, 3.63) is 42.0 Å². The van der Waals surface area contributed by atoms with Crippen molar-refractivity contribution in [3.63, 3.8) is 0 Å². The maximum atomic E-state index is 12.8. The first-order valence-electron chi connectivity index (χ1n) is 5.23. The van der Waals surface area contributed by atoms with E-state index < -0.39 is 5.54 Å². The predicted molar refractivity (Wildman–Crippen MR) is 60.4 cm³/mol. The van der Waals surface area contributed by atoms with E-state index in [1.807, 2.05) is 6.92 Å². The Morgan fingerprint density at radius 2 is 2.18 bits per heavy atom. The van der Waals surface area contributed by atoms with Crippen molar-refractivity contribution in [1.82, 2.24) is 19.7 Å². The Morgan fingerprint density at radius 1 is 1.41 bits per heavy atom. The van der Waals surface area contributed by atoms with Crippen LogP contribution in [0.25, 0.3) is 0 Å². The first-order valence-corrected chi connectivity index (χ1v) is 5.23. The average molecular weight is 235 g/mol. The van der Waals surface area contributed by atoms with Crippen LogP contribution in [-0.2, 0) is 19.0 Å². The van der Waals surface area contributed by atoms with E-state index >= 15 is 0 Å². The lowest BCUT2D eigenvalue weighted by Crippen LogP contribution is -2.37. The molecule has 0 spiro atoms. The molecule has 0 radical (unpaired) electrons. The SMILES string of the molecule is Cn1ncnc1CC(C)(N)c1ccc(F)cn1. The van der Waals surface area contributed by atoms with Crippen LogP contribution in [-0.4, -0.2) is 19.7 Å². The van der Waals surface area contributed by atoms with Crippen LogP contribution in [0.1, 0.15) is 18.4 Å². The molecule has 0 fully saturated rings. The fraction of sp³-hybridized carbons (Fsp3) is 0.364. The van der Waals surface area contributed by atoms with Crippen LogP contribution in [0.2, 0.25) is 0 Å². The van der Waals surface area contributed by atoms with Crippen LogP contribution >= 0.6 is 0 Å². The molecule has 2 heterocycles. The number of hydrogen-bond donors (Lipinski definition) is 1. The maximum absolute atomic E-state index is 12.8. The summed E-state index contributed by atoms with van der Waals surface area (Å²) in [6.07, 6.45) is 3.13. The van der Waals surface area contributed by atoms with Gasteiger partial charge in [0, 0.05) is 13.5 Å². The summed E-state index contributed by atoms with van der Waals surface area (Å²) in [4.78, 5) is 8.12. The molecule has 0 aliphatic heterocycles. The number of pyridine rings is 1. The maximum Gasteiger partial charge on any atom is 0.141 e. The van der Waals surface area contributed by atoms with Crippen LogP contribution in [0, 0.1) is 5.82 Å². The predicted octanol–water partition coefficient (Wildman–Crippen LogP) is 0.766. The molecule has 17 heavy (non-hydrogen) atoms. The van der Waals surface area contributed by atoms with Crippen LogP contribution in [0.5, 0.6) is 0 Å². The summed E-state index contributed by atoms with van der Waals surface area (Å²) in [6, 6.07) is 2.94. The first-order chi connectivity index (χ1) is 7.99. The van der Waals surface area contributed by atoms with E-state index in [2.05, 4.69) is 15.1 Å². The van der Waals surface area contributed by atoms with Gasteiger partial charge in [0.15, 0.2) is 0 Å². The zero-order valence-electron chi connectivity index (χ0n) is 9.76. The van der Waals surface area contributed by atoms with E-state index in [1.165, 1.54) is 12.4 Å². The average Bonchev–Trinajstić information content (AvgIpc) is 2.64. The molecule has 1 unspecified atom stereocenters. The van der Waals surface area contributed by atoms with Crippen molar-refractivity contribution in [1.29, 1.82) is 0 Å². The number of nitrogens with zero attached hydrogens (tertiary/aromatic N) is 4. The molecular weight excluding hydrogens is 221 g/mol. The van der Waals surface area contributed by atoms with Crippen LogP contribution in [0.15, 0.2) is 24.7 Å². The lowest BCUT2D eigenvalue weighted by atomic mass is 9.94. The summed E-state index contributed by atoms with van der Waals surface area (Å²) in [5, 5.41) is 3.98. The van der Waals surface area contributed by atoms with Crippen molar-refractivity contribution in [2.24, 2.45) is 12.8 Å². The van der Waals surface area contributed by atoms with E-state index in [1.54, 1.807) is 17.8 Å². The molecule has 0 aromatic carbocycles. The van der Waals surface area contributed by atoms with Gasteiger partial charge >= 0.3 is 0 Å². The van der Waals surface area contributed by atoms with Gasteiger partial charge in [0.1, 0.15) is 18.0 Å².